The van der Waals surface area contributed by atoms with E-state index in [9.17, 15) is 4.79 Å². The molecule has 112 valence electrons. The average Bonchev–Trinajstić information content (AvgIpc) is 2.77. The van der Waals surface area contributed by atoms with Gasteiger partial charge in [0.05, 0.1) is 5.56 Å². The number of carbonyl (C=O) groups is 1. The van der Waals surface area contributed by atoms with Gasteiger partial charge in [-0.2, -0.15) is 0 Å². The molecule has 0 aliphatic carbocycles. The van der Waals surface area contributed by atoms with E-state index in [1.54, 1.807) is 6.20 Å². The number of nitrogens with two attached hydrogens (primary N) is 1. The van der Waals surface area contributed by atoms with Crippen LogP contribution in [0.4, 0.5) is 5.69 Å². The van der Waals surface area contributed by atoms with Gasteiger partial charge in [0.25, 0.3) is 5.91 Å². The van der Waals surface area contributed by atoms with E-state index in [0.29, 0.717) is 11.3 Å². The van der Waals surface area contributed by atoms with Crippen LogP contribution in [0.5, 0.6) is 0 Å². The molecule has 2 aromatic rings. The summed E-state index contributed by atoms with van der Waals surface area (Å²) in [6.07, 6.45) is 2.81. The molecule has 3 rings (SSSR count). The number of likely N-dealkylation sites (N-methyl/N-ethyl adjacent to an activating group) is 1. The topological polar surface area (TPSA) is 65.4 Å². The first-order valence-corrected chi connectivity index (χ1v) is 7.42. The first-order valence-electron chi connectivity index (χ1n) is 7.42. The number of aromatic nitrogens is 1. The van der Waals surface area contributed by atoms with Gasteiger partial charge in [-0.3, -0.25) is 4.79 Å². The lowest BCUT2D eigenvalue weighted by molar-refractivity contribution is 0.0698. The lowest BCUT2D eigenvalue weighted by Crippen LogP contribution is -2.41. The number of H-pyrrole nitrogens is 1. The maximum absolute atomic E-state index is 12.9. The van der Waals surface area contributed by atoms with Crippen molar-refractivity contribution in [3.05, 3.63) is 30.0 Å². The summed E-state index contributed by atoms with van der Waals surface area (Å²) >= 11 is 0. The van der Waals surface area contributed by atoms with E-state index in [0.717, 1.165) is 37.0 Å². The molecule has 5 nitrogen and oxygen atoms in total. The van der Waals surface area contributed by atoms with Crippen molar-refractivity contribution in [2.24, 2.45) is 0 Å². The van der Waals surface area contributed by atoms with Gasteiger partial charge in [0, 0.05) is 41.9 Å². The van der Waals surface area contributed by atoms with Crippen LogP contribution in [-0.4, -0.2) is 53.4 Å². The molecule has 2 heterocycles. The Morgan fingerprint density at radius 3 is 3.00 bits per heavy atom. The number of amides is 1. The summed E-state index contributed by atoms with van der Waals surface area (Å²) in [5.74, 6) is 0.0923. The minimum absolute atomic E-state index is 0.0923. The molecule has 5 heteroatoms. The van der Waals surface area contributed by atoms with Crippen molar-refractivity contribution in [3.63, 3.8) is 0 Å². The zero-order valence-corrected chi connectivity index (χ0v) is 12.6. The summed E-state index contributed by atoms with van der Waals surface area (Å²) in [5, 5.41) is 0.907. The fourth-order valence-electron chi connectivity index (χ4n) is 3.14. The summed E-state index contributed by atoms with van der Waals surface area (Å²) in [6.45, 7) is 4.87. The first kappa shape index (κ1) is 13.9. The van der Waals surface area contributed by atoms with E-state index in [1.807, 2.05) is 23.1 Å². The number of nitrogen functional groups attached to an aromatic ring is 1. The highest BCUT2D eigenvalue weighted by atomic mass is 16.2. The Hall–Kier alpha value is -2.01. The van der Waals surface area contributed by atoms with Crippen LogP contribution < -0.4 is 5.73 Å². The van der Waals surface area contributed by atoms with E-state index in [1.165, 1.54) is 0 Å². The van der Waals surface area contributed by atoms with Crippen molar-refractivity contribution in [2.75, 3.05) is 32.4 Å². The molecule has 21 heavy (non-hydrogen) atoms. The number of benzene rings is 1. The zero-order chi connectivity index (χ0) is 15.0. The van der Waals surface area contributed by atoms with Crippen LogP contribution in [0.25, 0.3) is 10.9 Å². The molecule has 1 fully saturated rings. The van der Waals surface area contributed by atoms with Crippen molar-refractivity contribution in [2.45, 2.75) is 19.4 Å². The zero-order valence-electron chi connectivity index (χ0n) is 12.6. The smallest absolute Gasteiger partial charge is 0.256 e. The van der Waals surface area contributed by atoms with Crippen LogP contribution in [0.15, 0.2) is 24.4 Å². The number of nitrogens with zero attached hydrogens (tertiary/aromatic N) is 2. The van der Waals surface area contributed by atoms with Crippen molar-refractivity contribution in [1.82, 2.24) is 14.8 Å². The Bertz CT molecular complexity index is 663. The minimum atomic E-state index is 0.0923. The molecule has 1 unspecified atom stereocenters. The molecule has 0 spiro atoms. The summed E-state index contributed by atoms with van der Waals surface area (Å²) < 4.78 is 0. The Kier molecular flexibility index (Phi) is 3.59. The van der Waals surface area contributed by atoms with Gasteiger partial charge < -0.3 is 20.5 Å². The van der Waals surface area contributed by atoms with Crippen LogP contribution in [-0.2, 0) is 0 Å². The summed E-state index contributed by atoms with van der Waals surface area (Å²) in [7, 11) is 2.11. The predicted molar refractivity (Wildman–Crippen MR) is 85.3 cm³/mol. The molecule has 1 atom stereocenters. The number of anilines is 1. The standard InChI is InChI=1S/C16H22N4O/c1-11-10-19(2)6-3-7-20(11)16(21)14-9-18-15-5-4-12(17)8-13(14)15/h4-5,8-9,11,18H,3,6-7,10,17H2,1-2H3. The number of aromatic amines is 1. The molecule has 0 saturated carbocycles. The Labute approximate surface area is 124 Å². The SMILES string of the molecule is CC1CN(C)CCCN1C(=O)c1c[nH]c2ccc(N)cc12. The highest BCUT2D eigenvalue weighted by Crippen LogP contribution is 2.23. The second-order valence-corrected chi connectivity index (χ2v) is 5.97. The number of rotatable bonds is 1. The molecule has 1 aromatic heterocycles. The van der Waals surface area contributed by atoms with Crippen LogP contribution in [0.1, 0.15) is 23.7 Å². The summed E-state index contributed by atoms with van der Waals surface area (Å²) in [4.78, 5) is 20.3. The fraction of sp³-hybridized carbons (Fsp3) is 0.438. The van der Waals surface area contributed by atoms with Gasteiger partial charge in [0.15, 0.2) is 0 Å². The summed E-state index contributed by atoms with van der Waals surface area (Å²) in [5.41, 5.74) is 8.20. The summed E-state index contributed by atoms with van der Waals surface area (Å²) in [6, 6.07) is 5.85. The van der Waals surface area contributed by atoms with Gasteiger partial charge in [-0.1, -0.05) is 0 Å². The third-order valence-corrected chi connectivity index (χ3v) is 4.24. The first-order chi connectivity index (χ1) is 10.1. The molecule has 1 aliphatic rings. The van der Waals surface area contributed by atoms with Crippen molar-refractivity contribution in [1.29, 1.82) is 0 Å². The van der Waals surface area contributed by atoms with Crippen molar-refractivity contribution < 1.29 is 4.79 Å². The van der Waals surface area contributed by atoms with Gasteiger partial charge >= 0.3 is 0 Å². The second kappa shape index (κ2) is 5.41. The molecule has 0 bridgehead atoms. The second-order valence-electron chi connectivity index (χ2n) is 5.97. The maximum atomic E-state index is 12.9. The van der Waals surface area contributed by atoms with Crippen LogP contribution in [0.2, 0.25) is 0 Å². The van der Waals surface area contributed by atoms with Gasteiger partial charge in [-0.05, 0) is 45.1 Å². The molecule has 1 aliphatic heterocycles. The van der Waals surface area contributed by atoms with E-state index in [2.05, 4.69) is 23.9 Å². The Balaban J connectivity index is 1.94. The number of hydrogen-bond acceptors (Lipinski definition) is 3. The van der Waals surface area contributed by atoms with Crippen LogP contribution in [0, 0.1) is 0 Å². The molecule has 1 aromatic carbocycles. The molecular formula is C16H22N4O. The monoisotopic (exact) mass is 286 g/mol. The third kappa shape index (κ3) is 2.61. The normalized spacial score (nSPS) is 20.7. The number of fused-ring (bicyclic) bond motifs is 1. The predicted octanol–water partition coefficient (Wildman–Crippen LogP) is 1.92. The highest BCUT2D eigenvalue weighted by molar-refractivity contribution is 6.07. The third-order valence-electron chi connectivity index (χ3n) is 4.24. The molecule has 1 amide bonds. The van der Waals surface area contributed by atoms with Gasteiger partial charge in [0.1, 0.15) is 0 Å². The minimum Gasteiger partial charge on any atom is -0.399 e. The largest absolute Gasteiger partial charge is 0.399 e. The maximum Gasteiger partial charge on any atom is 0.256 e. The van der Waals surface area contributed by atoms with Gasteiger partial charge in [-0.15, -0.1) is 0 Å². The van der Waals surface area contributed by atoms with Gasteiger partial charge in [0.2, 0.25) is 0 Å². The molecule has 0 radical (unpaired) electrons. The molecule has 1 saturated heterocycles. The quantitative estimate of drug-likeness (QED) is 0.787. The fourth-order valence-corrected chi connectivity index (χ4v) is 3.14. The number of hydrogen-bond donors (Lipinski definition) is 2. The van der Waals surface area contributed by atoms with Crippen LogP contribution >= 0.6 is 0 Å². The molecular weight excluding hydrogens is 264 g/mol. The number of carbonyl (C=O) groups excluding carboxylic acids is 1. The van der Waals surface area contributed by atoms with Crippen molar-refractivity contribution in [3.8, 4) is 0 Å². The van der Waals surface area contributed by atoms with E-state index in [-0.39, 0.29) is 11.9 Å². The average molecular weight is 286 g/mol. The van der Waals surface area contributed by atoms with Crippen molar-refractivity contribution >= 4 is 22.5 Å². The lowest BCUT2D eigenvalue weighted by atomic mass is 10.1. The van der Waals surface area contributed by atoms with E-state index < -0.39 is 0 Å². The van der Waals surface area contributed by atoms with Gasteiger partial charge in [-0.25, -0.2) is 0 Å². The van der Waals surface area contributed by atoms with E-state index in [4.69, 9.17) is 5.73 Å². The Morgan fingerprint density at radius 1 is 1.38 bits per heavy atom. The highest BCUT2D eigenvalue weighted by Gasteiger charge is 2.26. The Morgan fingerprint density at radius 2 is 2.19 bits per heavy atom. The van der Waals surface area contributed by atoms with E-state index >= 15 is 0 Å². The molecule has 3 N–H and O–H groups in total. The number of nitrogens with one attached hydrogen (secondary N) is 1. The van der Waals surface area contributed by atoms with Crippen LogP contribution in [0.3, 0.4) is 0 Å². The lowest BCUT2D eigenvalue weighted by Gasteiger charge is -2.28.